The molecule has 1 aliphatic heterocycles. The molecule has 0 aliphatic carbocycles. The molecule has 1 aliphatic rings. The van der Waals surface area contributed by atoms with Gasteiger partial charge in [-0.2, -0.15) is 0 Å². The summed E-state index contributed by atoms with van der Waals surface area (Å²) in [7, 11) is 0. The number of aliphatic hydroxyl groups is 2. The number of carbonyl (C=O) groups is 1. The zero-order valence-electron chi connectivity index (χ0n) is 11.1. The van der Waals surface area contributed by atoms with Gasteiger partial charge in [-0.25, -0.2) is 0 Å². The number of amides is 1. The number of nitrogens with one attached hydrogen (secondary N) is 1. The minimum atomic E-state index is -0.814. The van der Waals surface area contributed by atoms with E-state index in [0.29, 0.717) is 16.4 Å². The molecule has 1 aromatic rings. The summed E-state index contributed by atoms with van der Waals surface area (Å²) in [6, 6.07) is 4.37. The van der Waals surface area contributed by atoms with Crippen LogP contribution in [0.1, 0.15) is 6.92 Å². The second-order valence-corrected chi connectivity index (χ2v) is 5.40. The standard InChI is InChI=1S/C13H18ClN3O3/c1-7(17-5-11(18)12(19)6-17)13(20)16-10-3-2-8(15)4-9(10)14/h2-4,7,11-12,18-19H,5-6,15H2,1H3,(H,16,20). The highest BCUT2D eigenvalue weighted by molar-refractivity contribution is 6.34. The molecule has 0 spiro atoms. The van der Waals surface area contributed by atoms with Crippen LogP contribution in [0.25, 0.3) is 0 Å². The van der Waals surface area contributed by atoms with E-state index in [1.165, 1.54) is 0 Å². The SMILES string of the molecule is CC(C(=O)Nc1ccc(N)cc1Cl)N1CC(O)C(O)C1. The molecule has 7 heteroatoms. The van der Waals surface area contributed by atoms with E-state index in [2.05, 4.69) is 5.32 Å². The van der Waals surface area contributed by atoms with Gasteiger partial charge in [0.2, 0.25) is 5.91 Å². The Kier molecular flexibility index (Phi) is 4.49. The van der Waals surface area contributed by atoms with Crippen LogP contribution in [0, 0.1) is 0 Å². The summed E-state index contributed by atoms with van der Waals surface area (Å²) >= 11 is 6.00. The van der Waals surface area contributed by atoms with Crippen LogP contribution in [-0.2, 0) is 4.79 Å². The molecule has 1 saturated heterocycles. The zero-order valence-corrected chi connectivity index (χ0v) is 11.8. The van der Waals surface area contributed by atoms with Crippen molar-refractivity contribution >= 4 is 28.9 Å². The summed E-state index contributed by atoms with van der Waals surface area (Å²) in [5.41, 5.74) is 6.59. The summed E-state index contributed by atoms with van der Waals surface area (Å²) < 4.78 is 0. The minimum Gasteiger partial charge on any atom is -0.399 e. The molecule has 6 nitrogen and oxygen atoms in total. The van der Waals surface area contributed by atoms with Crippen LogP contribution in [0.4, 0.5) is 11.4 Å². The van der Waals surface area contributed by atoms with Gasteiger partial charge in [-0.15, -0.1) is 0 Å². The summed E-state index contributed by atoms with van der Waals surface area (Å²) in [5.74, 6) is -0.252. The van der Waals surface area contributed by atoms with Crippen molar-refractivity contribution in [2.75, 3.05) is 24.1 Å². The quantitative estimate of drug-likeness (QED) is 0.601. The number of rotatable bonds is 3. The lowest BCUT2D eigenvalue weighted by Crippen LogP contribution is -2.41. The number of nitrogens with zero attached hydrogens (tertiary/aromatic N) is 1. The molecule has 3 unspecified atom stereocenters. The number of carbonyl (C=O) groups excluding carboxylic acids is 1. The fourth-order valence-electron chi connectivity index (χ4n) is 2.15. The van der Waals surface area contributed by atoms with E-state index >= 15 is 0 Å². The van der Waals surface area contributed by atoms with Gasteiger partial charge >= 0.3 is 0 Å². The van der Waals surface area contributed by atoms with Crippen LogP contribution in [0.2, 0.25) is 5.02 Å². The lowest BCUT2D eigenvalue weighted by molar-refractivity contribution is -0.120. The molecule has 1 amide bonds. The maximum atomic E-state index is 12.1. The fourth-order valence-corrected chi connectivity index (χ4v) is 2.39. The molecule has 0 radical (unpaired) electrons. The van der Waals surface area contributed by atoms with Gasteiger partial charge in [0.05, 0.1) is 29.0 Å². The lowest BCUT2D eigenvalue weighted by Gasteiger charge is -2.23. The van der Waals surface area contributed by atoms with Gasteiger partial charge in [0, 0.05) is 18.8 Å². The summed E-state index contributed by atoms with van der Waals surface area (Å²) in [5, 5.41) is 22.1. The highest BCUT2D eigenvalue weighted by Gasteiger charge is 2.34. The first kappa shape index (κ1) is 15.1. The van der Waals surface area contributed by atoms with Crippen LogP contribution in [0.15, 0.2) is 18.2 Å². The zero-order chi connectivity index (χ0) is 14.9. The number of anilines is 2. The van der Waals surface area contributed by atoms with Gasteiger partial charge in [-0.05, 0) is 25.1 Å². The van der Waals surface area contributed by atoms with Crippen molar-refractivity contribution in [3.05, 3.63) is 23.2 Å². The van der Waals surface area contributed by atoms with E-state index in [4.69, 9.17) is 17.3 Å². The second-order valence-electron chi connectivity index (χ2n) is 4.99. The number of hydrogen-bond acceptors (Lipinski definition) is 5. The average molecular weight is 300 g/mol. The van der Waals surface area contributed by atoms with Crippen molar-refractivity contribution in [1.29, 1.82) is 0 Å². The summed E-state index contributed by atoms with van der Waals surface area (Å²) in [6.45, 7) is 2.25. The van der Waals surface area contributed by atoms with Gasteiger partial charge in [-0.3, -0.25) is 9.69 Å². The smallest absolute Gasteiger partial charge is 0.241 e. The average Bonchev–Trinajstić information content (AvgIpc) is 2.72. The highest BCUT2D eigenvalue weighted by Crippen LogP contribution is 2.24. The normalized spacial score (nSPS) is 24.6. The van der Waals surface area contributed by atoms with Crippen LogP contribution in [0.5, 0.6) is 0 Å². The predicted octanol–water partition coefficient (Wildman–Crippen LogP) is 0.287. The molecule has 0 bridgehead atoms. The van der Waals surface area contributed by atoms with E-state index in [0.717, 1.165) is 0 Å². The number of nitrogens with two attached hydrogens (primary N) is 1. The number of aliphatic hydroxyl groups excluding tert-OH is 2. The number of halogens is 1. The third-order valence-corrected chi connectivity index (χ3v) is 3.78. The molecule has 1 heterocycles. The highest BCUT2D eigenvalue weighted by atomic mass is 35.5. The molecular formula is C13H18ClN3O3. The van der Waals surface area contributed by atoms with E-state index in [1.807, 2.05) is 0 Å². The first-order chi connectivity index (χ1) is 9.38. The Labute approximate surface area is 122 Å². The monoisotopic (exact) mass is 299 g/mol. The van der Waals surface area contributed by atoms with Crippen molar-refractivity contribution < 1.29 is 15.0 Å². The van der Waals surface area contributed by atoms with Crippen molar-refractivity contribution in [2.24, 2.45) is 0 Å². The predicted molar refractivity (Wildman–Crippen MR) is 77.5 cm³/mol. The largest absolute Gasteiger partial charge is 0.399 e. The number of benzene rings is 1. The first-order valence-corrected chi connectivity index (χ1v) is 6.72. The van der Waals surface area contributed by atoms with Crippen LogP contribution < -0.4 is 11.1 Å². The lowest BCUT2D eigenvalue weighted by atomic mass is 10.2. The third kappa shape index (κ3) is 3.21. The van der Waals surface area contributed by atoms with E-state index < -0.39 is 18.2 Å². The number of likely N-dealkylation sites (tertiary alicyclic amines) is 1. The van der Waals surface area contributed by atoms with E-state index in [-0.39, 0.29) is 19.0 Å². The number of hydrogen-bond donors (Lipinski definition) is 4. The molecule has 3 atom stereocenters. The van der Waals surface area contributed by atoms with E-state index in [9.17, 15) is 15.0 Å². The molecule has 0 aromatic heterocycles. The maximum Gasteiger partial charge on any atom is 0.241 e. The summed E-state index contributed by atoms with van der Waals surface area (Å²) in [4.78, 5) is 13.9. The van der Waals surface area contributed by atoms with Gasteiger partial charge < -0.3 is 21.3 Å². The Morgan fingerprint density at radius 1 is 1.45 bits per heavy atom. The molecule has 0 saturated carbocycles. The fraction of sp³-hybridized carbons (Fsp3) is 0.462. The van der Waals surface area contributed by atoms with Gasteiger partial charge in [-0.1, -0.05) is 11.6 Å². The van der Waals surface area contributed by atoms with Gasteiger partial charge in [0.1, 0.15) is 0 Å². The maximum absolute atomic E-state index is 12.1. The molecule has 20 heavy (non-hydrogen) atoms. The minimum absolute atomic E-state index is 0.252. The van der Waals surface area contributed by atoms with Crippen LogP contribution in [0.3, 0.4) is 0 Å². The summed E-state index contributed by atoms with van der Waals surface area (Å²) in [6.07, 6.45) is -1.63. The number of β-amino-alcohol motifs (C(OH)–C–C–N with tert-alkyl or cyclic N) is 2. The Bertz CT molecular complexity index is 502. The van der Waals surface area contributed by atoms with Crippen molar-refractivity contribution in [3.8, 4) is 0 Å². The van der Waals surface area contributed by atoms with Gasteiger partial charge in [0.15, 0.2) is 0 Å². The van der Waals surface area contributed by atoms with Crippen molar-refractivity contribution in [1.82, 2.24) is 4.90 Å². The Morgan fingerprint density at radius 3 is 2.60 bits per heavy atom. The molecule has 1 aromatic carbocycles. The second kappa shape index (κ2) is 5.97. The van der Waals surface area contributed by atoms with Crippen LogP contribution in [-0.4, -0.2) is 52.4 Å². The Morgan fingerprint density at radius 2 is 2.05 bits per heavy atom. The molecule has 1 fully saturated rings. The third-order valence-electron chi connectivity index (χ3n) is 3.47. The molecule has 110 valence electrons. The topological polar surface area (TPSA) is 98.8 Å². The molecule has 5 N–H and O–H groups in total. The molecule has 2 rings (SSSR count). The Balaban J connectivity index is 2.01. The van der Waals surface area contributed by atoms with Gasteiger partial charge in [0.25, 0.3) is 0 Å². The number of nitrogen functional groups attached to an aromatic ring is 1. The van der Waals surface area contributed by atoms with E-state index in [1.54, 1.807) is 30.0 Å². The molecular weight excluding hydrogens is 282 g/mol. The first-order valence-electron chi connectivity index (χ1n) is 6.34. The Hall–Kier alpha value is -1.34. The van der Waals surface area contributed by atoms with Crippen LogP contribution >= 0.6 is 11.6 Å². The van der Waals surface area contributed by atoms with Crippen molar-refractivity contribution in [3.63, 3.8) is 0 Å². The van der Waals surface area contributed by atoms with Crippen molar-refractivity contribution in [2.45, 2.75) is 25.2 Å².